The number of nitrogens with zero attached hydrogens (tertiary/aromatic N) is 4. The quantitative estimate of drug-likeness (QED) is 0.377. The number of likely N-dealkylation sites (tertiary alicyclic amines) is 2. The number of aliphatic imine (C=N–C) groups is 1. The van der Waals surface area contributed by atoms with Crippen LogP contribution in [0.1, 0.15) is 37.4 Å². The van der Waals surface area contributed by atoms with Gasteiger partial charge in [-0.25, -0.2) is 9.98 Å². The molecule has 6 nitrogen and oxygen atoms in total. The predicted molar refractivity (Wildman–Crippen MR) is 128 cm³/mol. The van der Waals surface area contributed by atoms with E-state index in [1.54, 1.807) is 6.26 Å². The first-order valence-corrected chi connectivity index (χ1v) is 10.5. The van der Waals surface area contributed by atoms with Crippen molar-refractivity contribution in [2.45, 2.75) is 45.7 Å². The molecule has 3 heterocycles. The lowest BCUT2D eigenvalue weighted by molar-refractivity contribution is 0.249. The van der Waals surface area contributed by atoms with Crippen LogP contribution in [0, 0.1) is 6.92 Å². The summed E-state index contributed by atoms with van der Waals surface area (Å²) in [4.78, 5) is 14.5. The zero-order valence-corrected chi connectivity index (χ0v) is 19.8. The maximum atomic E-state index is 5.67. The molecule has 7 heteroatoms. The van der Waals surface area contributed by atoms with Crippen LogP contribution < -0.4 is 5.32 Å². The molecule has 2 aliphatic rings. The van der Waals surface area contributed by atoms with E-state index in [1.807, 2.05) is 12.1 Å². The van der Waals surface area contributed by atoms with Crippen molar-refractivity contribution in [3.63, 3.8) is 0 Å². The monoisotopic (exact) mass is 509 g/mol. The number of rotatable bonds is 5. The molecule has 0 spiro atoms. The van der Waals surface area contributed by atoms with E-state index < -0.39 is 0 Å². The molecule has 4 rings (SSSR count). The molecule has 158 valence electrons. The molecule has 1 atom stereocenters. The number of nitrogens with one attached hydrogen (secondary N) is 1. The summed E-state index contributed by atoms with van der Waals surface area (Å²) in [5, 5.41) is 3.45. The maximum absolute atomic E-state index is 5.67. The number of halogens is 1. The zero-order chi connectivity index (χ0) is 19.3. The molecule has 1 N–H and O–H groups in total. The van der Waals surface area contributed by atoms with E-state index in [2.05, 4.69) is 46.1 Å². The van der Waals surface area contributed by atoms with Gasteiger partial charge in [0.2, 0.25) is 5.89 Å². The minimum Gasteiger partial charge on any atom is -0.444 e. The van der Waals surface area contributed by atoms with Crippen LogP contribution in [0.2, 0.25) is 0 Å². The smallest absolute Gasteiger partial charge is 0.226 e. The van der Waals surface area contributed by atoms with E-state index in [1.165, 1.54) is 37.9 Å². The third-order valence-electron chi connectivity index (χ3n) is 5.70. The average Bonchev–Trinajstić information content (AvgIpc) is 3.47. The summed E-state index contributed by atoms with van der Waals surface area (Å²) in [6, 6.07) is 8.91. The Bertz CT molecular complexity index is 798. The lowest BCUT2D eigenvalue weighted by Gasteiger charge is -2.25. The van der Waals surface area contributed by atoms with Gasteiger partial charge >= 0.3 is 0 Å². The zero-order valence-electron chi connectivity index (χ0n) is 17.4. The first-order valence-electron chi connectivity index (χ1n) is 10.5. The molecular formula is C22H32IN5O. The standard InChI is InChI=1S/C22H31N5O.HI/c1-3-23-22(27-13-10-20(15-27)26-11-4-5-12-26)24-14-19-16-28-21(25-19)18-8-6-17(2)7-9-18;/h6-9,16,20H,3-5,10-15H2,1-2H3,(H,23,24);1H. The molecule has 1 unspecified atom stereocenters. The summed E-state index contributed by atoms with van der Waals surface area (Å²) in [6.07, 6.45) is 5.64. The summed E-state index contributed by atoms with van der Waals surface area (Å²) in [5.41, 5.74) is 3.09. The molecule has 29 heavy (non-hydrogen) atoms. The molecule has 2 fully saturated rings. The minimum absolute atomic E-state index is 0. The highest BCUT2D eigenvalue weighted by Crippen LogP contribution is 2.21. The molecule has 1 aromatic heterocycles. The van der Waals surface area contributed by atoms with E-state index in [0.717, 1.165) is 36.9 Å². The van der Waals surface area contributed by atoms with Crippen LogP contribution in [-0.4, -0.2) is 59.5 Å². The highest BCUT2D eigenvalue weighted by atomic mass is 127. The third-order valence-corrected chi connectivity index (χ3v) is 5.70. The Kier molecular flexibility index (Phi) is 7.94. The highest BCUT2D eigenvalue weighted by Gasteiger charge is 2.30. The summed E-state index contributed by atoms with van der Waals surface area (Å²) >= 11 is 0. The second-order valence-corrected chi connectivity index (χ2v) is 7.81. The Labute approximate surface area is 190 Å². The van der Waals surface area contributed by atoms with Crippen molar-refractivity contribution < 1.29 is 4.42 Å². The SMILES string of the molecule is CCNC(=NCc1coc(-c2ccc(C)cc2)n1)N1CCC(N2CCCC2)C1.I. The highest BCUT2D eigenvalue weighted by molar-refractivity contribution is 14.0. The molecule has 2 aliphatic heterocycles. The predicted octanol–water partition coefficient (Wildman–Crippen LogP) is 3.90. The van der Waals surface area contributed by atoms with E-state index in [4.69, 9.17) is 9.41 Å². The molecule has 0 radical (unpaired) electrons. The normalized spacial score (nSPS) is 20.1. The van der Waals surface area contributed by atoms with Crippen LogP contribution in [0.3, 0.4) is 0 Å². The molecular weight excluding hydrogens is 477 g/mol. The number of oxazole rings is 1. The van der Waals surface area contributed by atoms with Crippen LogP contribution in [0.25, 0.3) is 11.5 Å². The summed E-state index contributed by atoms with van der Waals surface area (Å²) in [5.74, 6) is 1.65. The molecule has 2 saturated heterocycles. The van der Waals surface area contributed by atoms with Crippen LogP contribution >= 0.6 is 24.0 Å². The van der Waals surface area contributed by atoms with E-state index in [9.17, 15) is 0 Å². The third kappa shape index (κ3) is 5.51. The van der Waals surface area contributed by atoms with Gasteiger partial charge in [0.1, 0.15) is 12.0 Å². The van der Waals surface area contributed by atoms with Crippen molar-refractivity contribution in [2.75, 3.05) is 32.7 Å². The van der Waals surface area contributed by atoms with Gasteiger partial charge in [-0.1, -0.05) is 17.7 Å². The van der Waals surface area contributed by atoms with Crippen molar-refractivity contribution >= 4 is 29.9 Å². The van der Waals surface area contributed by atoms with Crippen molar-refractivity contribution in [3.8, 4) is 11.5 Å². The van der Waals surface area contributed by atoms with E-state index in [-0.39, 0.29) is 24.0 Å². The van der Waals surface area contributed by atoms with Gasteiger partial charge in [-0.05, 0) is 58.3 Å². The minimum atomic E-state index is 0. The molecule has 2 aromatic rings. The summed E-state index contributed by atoms with van der Waals surface area (Å²) < 4.78 is 5.67. The van der Waals surface area contributed by atoms with E-state index >= 15 is 0 Å². The fourth-order valence-electron chi connectivity index (χ4n) is 4.13. The van der Waals surface area contributed by atoms with Crippen LogP contribution in [0.4, 0.5) is 0 Å². The Morgan fingerprint density at radius 3 is 2.69 bits per heavy atom. The molecule has 0 bridgehead atoms. The maximum Gasteiger partial charge on any atom is 0.226 e. The van der Waals surface area contributed by atoms with E-state index in [0.29, 0.717) is 18.5 Å². The lowest BCUT2D eigenvalue weighted by atomic mass is 10.1. The molecule has 1 aromatic carbocycles. The number of aromatic nitrogens is 1. The second-order valence-electron chi connectivity index (χ2n) is 7.81. The molecule has 0 saturated carbocycles. The first-order chi connectivity index (χ1) is 13.7. The van der Waals surface area contributed by atoms with Crippen molar-refractivity contribution in [1.82, 2.24) is 20.1 Å². The summed E-state index contributed by atoms with van der Waals surface area (Å²) in [7, 11) is 0. The summed E-state index contributed by atoms with van der Waals surface area (Å²) in [6.45, 7) is 10.3. The topological polar surface area (TPSA) is 56.9 Å². The Balaban J connectivity index is 0.00000240. The van der Waals surface area contributed by atoms with Crippen LogP contribution in [0.5, 0.6) is 0 Å². The number of hydrogen-bond donors (Lipinski definition) is 1. The fourth-order valence-corrected chi connectivity index (χ4v) is 4.13. The number of aryl methyl sites for hydroxylation is 1. The largest absolute Gasteiger partial charge is 0.444 e. The van der Waals surface area contributed by atoms with Gasteiger partial charge in [-0.15, -0.1) is 24.0 Å². The van der Waals surface area contributed by atoms with Gasteiger partial charge in [-0.3, -0.25) is 4.90 Å². The van der Waals surface area contributed by atoms with Gasteiger partial charge in [0.05, 0.1) is 6.54 Å². The number of benzene rings is 1. The van der Waals surface area contributed by atoms with Gasteiger partial charge < -0.3 is 14.6 Å². The lowest BCUT2D eigenvalue weighted by Crippen LogP contribution is -2.42. The average molecular weight is 509 g/mol. The van der Waals surface area contributed by atoms with Crippen molar-refractivity contribution in [1.29, 1.82) is 0 Å². The number of hydrogen-bond acceptors (Lipinski definition) is 4. The molecule has 0 amide bonds. The van der Waals surface area contributed by atoms with Gasteiger partial charge in [0, 0.05) is 31.2 Å². The van der Waals surface area contributed by atoms with Gasteiger partial charge in [-0.2, -0.15) is 0 Å². The number of guanidine groups is 1. The van der Waals surface area contributed by atoms with Gasteiger partial charge in [0.15, 0.2) is 5.96 Å². The van der Waals surface area contributed by atoms with Crippen molar-refractivity contribution in [3.05, 3.63) is 41.8 Å². The Hall–Kier alpha value is -1.61. The Morgan fingerprint density at radius 2 is 1.97 bits per heavy atom. The fraction of sp³-hybridized carbons (Fsp3) is 0.545. The molecule has 0 aliphatic carbocycles. The van der Waals surface area contributed by atoms with Gasteiger partial charge in [0.25, 0.3) is 0 Å². The van der Waals surface area contributed by atoms with Crippen LogP contribution in [0.15, 0.2) is 39.9 Å². The van der Waals surface area contributed by atoms with Crippen molar-refractivity contribution in [2.24, 2.45) is 4.99 Å². The van der Waals surface area contributed by atoms with Crippen LogP contribution in [-0.2, 0) is 6.54 Å². The first kappa shape index (κ1) is 22.1. The Morgan fingerprint density at radius 1 is 1.21 bits per heavy atom. The second kappa shape index (κ2) is 10.4.